The third kappa shape index (κ3) is 4.40. The van der Waals surface area contributed by atoms with Crippen LogP contribution in [0.4, 0.5) is 0 Å². The van der Waals surface area contributed by atoms with Crippen LogP contribution in [-0.2, 0) is 9.53 Å². The lowest BCUT2D eigenvalue weighted by Crippen LogP contribution is -2.14. The number of esters is 1. The molecule has 0 amide bonds. The van der Waals surface area contributed by atoms with Crippen molar-refractivity contribution in [1.82, 2.24) is 0 Å². The van der Waals surface area contributed by atoms with Gasteiger partial charge in [0.15, 0.2) is 23.9 Å². The molecule has 2 aromatic rings. The van der Waals surface area contributed by atoms with Gasteiger partial charge in [-0.3, -0.25) is 4.79 Å². The van der Waals surface area contributed by atoms with Gasteiger partial charge < -0.3 is 23.7 Å². The molecule has 0 spiro atoms. The molecule has 1 aliphatic heterocycles. The second-order valence-electron chi connectivity index (χ2n) is 5.94. The van der Waals surface area contributed by atoms with Gasteiger partial charge in [-0.15, -0.1) is 0 Å². The molecule has 150 valence electrons. The predicted octanol–water partition coefficient (Wildman–Crippen LogP) is 3.43. The van der Waals surface area contributed by atoms with Gasteiger partial charge in [-0.1, -0.05) is 24.8 Å². The highest BCUT2D eigenvalue weighted by Gasteiger charge is 2.28. The van der Waals surface area contributed by atoms with E-state index in [1.165, 1.54) is 20.3 Å². The maximum absolute atomic E-state index is 12.7. The first-order valence-corrected chi connectivity index (χ1v) is 8.76. The zero-order valence-corrected chi connectivity index (χ0v) is 16.1. The largest absolute Gasteiger partial charge is 0.493 e. The van der Waals surface area contributed by atoms with E-state index in [1.807, 2.05) is 0 Å². The second-order valence-corrected chi connectivity index (χ2v) is 5.94. The standard InChI is InChI=1S/C22H20O7/c1-4-10-27-20(23)13-28-15-8-9-16-18(12-15)29-19(21(16)24)11-14-6-5-7-17(25-2)22(14)26-3/h4-9,11-12H,1,10,13H2,2-3H3. The van der Waals surface area contributed by atoms with Gasteiger partial charge in [0, 0.05) is 11.6 Å². The fraction of sp³-hybridized carbons (Fsp3) is 0.182. The molecule has 0 radical (unpaired) electrons. The third-order valence-electron chi connectivity index (χ3n) is 4.08. The second kappa shape index (κ2) is 8.97. The molecule has 0 atom stereocenters. The monoisotopic (exact) mass is 396 g/mol. The smallest absolute Gasteiger partial charge is 0.344 e. The van der Waals surface area contributed by atoms with E-state index < -0.39 is 5.97 Å². The van der Waals surface area contributed by atoms with Crippen molar-refractivity contribution in [2.45, 2.75) is 0 Å². The molecule has 7 heteroatoms. The molecular formula is C22H20O7. The highest BCUT2D eigenvalue weighted by molar-refractivity contribution is 6.14. The van der Waals surface area contributed by atoms with Crippen molar-refractivity contribution in [2.75, 3.05) is 27.4 Å². The van der Waals surface area contributed by atoms with Gasteiger partial charge in [-0.05, 0) is 24.3 Å². The van der Waals surface area contributed by atoms with E-state index in [-0.39, 0.29) is 24.8 Å². The number of Topliss-reactive ketones (excluding diaryl/α,β-unsaturated/α-hetero) is 1. The number of benzene rings is 2. The molecule has 0 aromatic heterocycles. The van der Waals surface area contributed by atoms with Gasteiger partial charge >= 0.3 is 5.97 Å². The first-order valence-electron chi connectivity index (χ1n) is 8.76. The van der Waals surface area contributed by atoms with E-state index in [9.17, 15) is 9.59 Å². The lowest BCUT2D eigenvalue weighted by Gasteiger charge is -2.10. The van der Waals surface area contributed by atoms with Crippen molar-refractivity contribution >= 4 is 17.8 Å². The van der Waals surface area contributed by atoms with Crippen molar-refractivity contribution in [3.8, 4) is 23.0 Å². The van der Waals surface area contributed by atoms with E-state index in [0.29, 0.717) is 34.1 Å². The highest BCUT2D eigenvalue weighted by Crippen LogP contribution is 2.37. The Morgan fingerprint density at radius 3 is 2.72 bits per heavy atom. The fourth-order valence-electron chi connectivity index (χ4n) is 2.76. The number of methoxy groups -OCH3 is 2. The summed E-state index contributed by atoms with van der Waals surface area (Å²) in [4.78, 5) is 24.2. The molecule has 1 aliphatic rings. The number of para-hydroxylation sites is 1. The minimum Gasteiger partial charge on any atom is -0.493 e. The molecule has 7 nitrogen and oxygen atoms in total. The number of hydrogen-bond donors (Lipinski definition) is 0. The maximum atomic E-state index is 12.7. The summed E-state index contributed by atoms with van der Waals surface area (Å²) in [6, 6.07) is 10.1. The van der Waals surface area contributed by atoms with Gasteiger partial charge in [0.05, 0.1) is 19.8 Å². The van der Waals surface area contributed by atoms with Crippen LogP contribution in [0.3, 0.4) is 0 Å². The minimum absolute atomic E-state index is 0.117. The number of ketones is 1. The average molecular weight is 396 g/mol. The minimum atomic E-state index is -0.520. The molecule has 3 rings (SSSR count). The van der Waals surface area contributed by atoms with Crippen molar-refractivity contribution in [3.05, 3.63) is 65.9 Å². The Kier molecular flexibility index (Phi) is 6.19. The number of fused-ring (bicyclic) bond motifs is 1. The number of carbonyl (C=O) groups is 2. The van der Waals surface area contributed by atoms with E-state index in [4.69, 9.17) is 23.7 Å². The number of hydrogen-bond acceptors (Lipinski definition) is 7. The molecule has 0 fully saturated rings. The average Bonchev–Trinajstić information content (AvgIpc) is 3.05. The Labute approximate surface area is 168 Å². The number of ether oxygens (including phenoxy) is 5. The summed E-state index contributed by atoms with van der Waals surface area (Å²) in [5, 5.41) is 0. The molecule has 0 N–H and O–H groups in total. The summed E-state index contributed by atoms with van der Waals surface area (Å²) in [7, 11) is 3.06. The number of allylic oxidation sites excluding steroid dienone is 1. The lowest BCUT2D eigenvalue weighted by molar-refractivity contribution is -0.144. The van der Waals surface area contributed by atoms with Gasteiger partial charge in [-0.25, -0.2) is 4.79 Å². The van der Waals surface area contributed by atoms with E-state index in [2.05, 4.69) is 6.58 Å². The Balaban J connectivity index is 1.78. The molecular weight excluding hydrogens is 376 g/mol. The van der Waals surface area contributed by atoms with Crippen molar-refractivity contribution in [2.24, 2.45) is 0 Å². The summed E-state index contributed by atoms with van der Waals surface area (Å²) in [5.74, 6) is 1.14. The quantitative estimate of drug-likeness (QED) is 0.384. The van der Waals surface area contributed by atoms with Crippen LogP contribution in [0.25, 0.3) is 6.08 Å². The lowest BCUT2D eigenvalue weighted by atomic mass is 10.1. The van der Waals surface area contributed by atoms with Gasteiger partial charge in [0.2, 0.25) is 5.78 Å². The Morgan fingerprint density at radius 1 is 1.17 bits per heavy atom. The molecule has 0 bridgehead atoms. The van der Waals surface area contributed by atoms with E-state index in [1.54, 1.807) is 42.5 Å². The summed E-state index contributed by atoms with van der Waals surface area (Å²) in [5.41, 5.74) is 1.05. The SMILES string of the molecule is C=CCOC(=O)COc1ccc2c(c1)OC(=Cc1cccc(OC)c1OC)C2=O. The Hall–Kier alpha value is -3.74. The zero-order chi connectivity index (χ0) is 20.8. The van der Waals surface area contributed by atoms with Crippen molar-refractivity contribution < 1.29 is 33.3 Å². The van der Waals surface area contributed by atoms with E-state index in [0.717, 1.165) is 0 Å². The maximum Gasteiger partial charge on any atom is 0.344 e. The summed E-state index contributed by atoms with van der Waals surface area (Å²) >= 11 is 0. The van der Waals surface area contributed by atoms with Crippen LogP contribution in [-0.4, -0.2) is 39.2 Å². The van der Waals surface area contributed by atoms with Crippen LogP contribution < -0.4 is 18.9 Å². The van der Waals surface area contributed by atoms with Crippen molar-refractivity contribution in [1.29, 1.82) is 0 Å². The van der Waals surface area contributed by atoms with Gasteiger partial charge in [0.1, 0.15) is 18.1 Å². The molecule has 2 aromatic carbocycles. The van der Waals surface area contributed by atoms with E-state index >= 15 is 0 Å². The molecule has 0 unspecified atom stereocenters. The number of rotatable bonds is 8. The summed E-state index contributed by atoms with van der Waals surface area (Å²) in [6.45, 7) is 3.33. The van der Waals surface area contributed by atoms with Gasteiger partial charge in [-0.2, -0.15) is 0 Å². The third-order valence-corrected chi connectivity index (χ3v) is 4.08. The van der Waals surface area contributed by atoms with Crippen LogP contribution in [0.15, 0.2) is 54.8 Å². The predicted molar refractivity (Wildman–Crippen MR) is 106 cm³/mol. The normalized spacial score (nSPS) is 13.4. The summed E-state index contributed by atoms with van der Waals surface area (Å²) < 4.78 is 26.6. The zero-order valence-electron chi connectivity index (χ0n) is 16.1. The Morgan fingerprint density at radius 2 is 2.00 bits per heavy atom. The van der Waals surface area contributed by atoms with Crippen LogP contribution in [0, 0.1) is 0 Å². The molecule has 1 heterocycles. The van der Waals surface area contributed by atoms with Gasteiger partial charge in [0.25, 0.3) is 0 Å². The molecule has 29 heavy (non-hydrogen) atoms. The Bertz CT molecular complexity index is 975. The first-order chi connectivity index (χ1) is 14.1. The van der Waals surface area contributed by atoms with Crippen LogP contribution in [0.5, 0.6) is 23.0 Å². The highest BCUT2D eigenvalue weighted by atomic mass is 16.6. The number of carbonyl (C=O) groups excluding carboxylic acids is 2. The van der Waals surface area contributed by atoms with Crippen molar-refractivity contribution in [3.63, 3.8) is 0 Å². The summed E-state index contributed by atoms with van der Waals surface area (Å²) in [6.07, 6.45) is 3.06. The van der Waals surface area contributed by atoms with Crippen LogP contribution in [0.2, 0.25) is 0 Å². The fourth-order valence-corrected chi connectivity index (χ4v) is 2.76. The first kappa shape index (κ1) is 20.0. The van der Waals surface area contributed by atoms with Crippen LogP contribution >= 0.6 is 0 Å². The molecule has 0 aliphatic carbocycles. The van der Waals surface area contributed by atoms with Crippen LogP contribution in [0.1, 0.15) is 15.9 Å². The molecule has 0 saturated heterocycles. The topological polar surface area (TPSA) is 80.3 Å². The molecule has 0 saturated carbocycles.